The van der Waals surface area contributed by atoms with Crippen LogP contribution in [0.1, 0.15) is 13.8 Å². The number of carboxylic acid groups (broad SMARTS) is 4. The summed E-state index contributed by atoms with van der Waals surface area (Å²) in [5.74, 6) is -6.05. The highest BCUT2D eigenvalue weighted by atomic mass is 16.6. The van der Waals surface area contributed by atoms with Gasteiger partial charge in [-0.15, -0.1) is 5.01 Å². The van der Waals surface area contributed by atoms with Gasteiger partial charge >= 0.3 is 23.9 Å². The minimum Gasteiger partial charge on any atom is -0.673 e. The molecule has 0 aliphatic carbocycles. The largest absolute Gasteiger partial charge is 0.673 e. The van der Waals surface area contributed by atoms with E-state index in [1.54, 1.807) is 0 Å². The van der Waals surface area contributed by atoms with Crippen molar-refractivity contribution in [1.82, 2.24) is 10.0 Å². The van der Waals surface area contributed by atoms with Gasteiger partial charge in [0.15, 0.2) is 12.6 Å². The summed E-state index contributed by atoms with van der Waals surface area (Å²) in [5, 5.41) is 50.7. The smallest absolute Gasteiger partial charge is 0.350 e. The summed E-state index contributed by atoms with van der Waals surface area (Å²) in [4.78, 5) is 42.7. The van der Waals surface area contributed by atoms with E-state index in [-0.39, 0.29) is 5.01 Å². The molecule has 130 valence electrons. The summed E-state index contributed by atoms with van der Waals surface area (Å²) >= 11 is 0. The maximum Gasteiger partial charge on any atom is 0.350 e. The molecular formula is C10H16N4O9. The molecule has 13 nitrogen and oxygen atoms in total. The van der Waals surface area contributed by atoms with Crippen molar-refractivity contribution in [2.24, 2.45) is 5.22 Å². The lowest BCUT2D eigenvalue weighted by Crippen LogP contribution is -2.48. The Morgan fingerprint density at radius 3 is 1.74 bits per heavy atom. The molecule has 0 spiro atoms. The summed E-state index contributed by atoms with van der Waals surface area (Å²) in [5.41, 5.74) is 0. The molecule has 2 atom stereocenters. The van der Waals surface area contributed by atoms with Gasteiger partial charge in [-0.25, -0.2) is 14.4 Å². The lowest BCUT2D eigenvalue weighted by Gasteiger charge is -2.27. The first-order valence-electron chi connectivity index (χ1n) is 6.08. The van der Waals surface area contributed by atoms with Gasteiger partial charge in [0, 0.05) is 0 Å². The van der Waals surface area contributed by atoms with Gasteiger partial charge in [0.2, 0.25) is 12.6 Å². The van der Waals surface area contributed by atoms with Crippen LogP contribution in [0.4, 0.5) is 0 Å². The Labute approximate surface area is 129 Å². The van der Waals surface area contributed by atoms with Crippen molar-refractivity contribution < 1.29 is 44.6 Å². The molecule has 0 bridgehead atoms. The van der Waals surface area contributed by atoms with Gasteiger partial charge in [0.05, 0.1) is 0 Å². The van der Waals surface area contributed by atoms with Gasteiger partial charge in [-0.05, 0) is 13.8 Å². The number of hydrogen-bond donors (Lipinski definition) is 4. The predicted molar refractivity (Wildman–Crippen MR) is 68.9 cm³/mol. The standard InChI is InChI=1S/C10H16N4O9/c1-5(9(19)20)12(3-7(15)16)11-14(23)13(4-8(17)18)6(2)10(21)22/h5-6H,3-4H2,1-2H3,(H,15,16)(H,17,18)(H,19,20)(H,21,22). The van der Waals surface area contributed by atoms with Gasteiger partial charge in [-0.1, -0.05) is 4.97 Å². The molecule has 13 heteroatoms. The predicted octanol–water partition coefficient (Wildman–Crippen LogP) is -1.50. The van der Waals surface area contributed by atoms with E-state index in [2.05, 4.69) is 5.22 Å². The maximum absolute atomic E-state index is 11.9. The Morgan fingerprint density at radius 1 is 0.957 bits per heavy atom. The summed E-state index contributed by atoms with van der Waals surface area (Å²) in [6.07, 6.45) is 0. The van der Waals surface area contributed by atoms with E-state index in [4.69, 9.17) is 20.4 Å². The van der Waals surface area contributed by atoms with E-state index in [9.17, 15) is 24.4 Å². The normalized spacial score (nSPS) is 13.7. The van der Waals surface area contributed by atoms with Gasteiger partial charge in [-0.3, -0.25) is 4.79 Å². The molecule has 0 radical (unpaired) electrons. The number of carbonyl (C=O) groups is 4. The van der Waals surface area contributed by atoms with Gasteiger partial charge in [0.1, 0.15) is 5.22 Å². The Morgan fingerprint density at radius 2 is 1.39 bits per heavy atom. The monoisotopic (exact) mass is 336 g/mol. The first kappa shape index (κ1) is 19.9. The third-order valence-corrected chi connectivity index (χ3v) is 2.61. The first-order chi connectivity index (χ1) is 10.5. The number of carboxylic acids is 4. The second kappa shape index (κ2) is 8.35. The van der Waals surface area contributed by atoms with Crippen LogP contribution in [0.5, 0.6) is 0 Å². The zero-order chi connectivity index (χ0) is 18.3. The number of hydrogen-bond acceptors (Lipinski definition) is 6. The zero-order valence-corrected chi connectivity index (χ0v) is 12.2. The molecule has 0 aliphatic heterocycles. The van der Waals surface area contributed by atoms with E-state index in [0.29, 0.717) is 5.01 Å². The molecule has 0 aromatic carbocycles. The Balaban J connectivity index is 5.60. The molecule has 0 heterocycles. The number of nitrogens with zero attached hydrogens (tertiary/aromatic N) is 4. The van der Waals surface area contributed by atoms with Crippen molar-refractivity contribution >= 4 is 23.9 Å². The molecule has 4 N–H and O–H groups in total. The van der Waals surface area contributed by atoms with Crippen molar-refractivity contribution in [3.8, 4) is 0 Å². The minimum absolute atomic E-state index is 0.272. The molecule has 0 rings (SSSR count). The molecular weight excluding hydrogens is 320 g/mol. The van der Waals surface area contributed by atoms with E-state index in [1.165, 1.54) is 0 Å². The third-order valence-electron chi connectivity index (χ3n) is 2.61. The van der Waals surface area contributed by atoms with Crippen LogP contribution in [-0.2, 0) is 19.2 Å². The molecule has 0 aromatic heterocycles. The summed E-state index contributed by atoms with van der Waals surface area (Å²) in [7, 11) is 0. The molecule has 2 unspecified atom stereocenters. The van der Waals surface area contributed by atoms with E-state index < -0.39 is 54.0 Å². The van der Waals surface area contributed by atoms with Crippen LogP contribution in [-0.4, -0.2) is 84.5 Å². The van der Waals surface area contributed by atoms with Crippen LogP contribution >= 0.6 is 0 Å². The van der Waals surface area contributed by atoms with Crippen molar-refractivity contribution in [2.45, 2.75) is 25.9 Å². The Kier molecular flexibility index (Phi) is 7.22. The summed E-state index contributed by atoms with van der Waals surface area (Å²) < 4.78 is 0. The van der Waals surface area contributed by atoms with Gasteiger partial charge in [-0.2, -0.15) is 5.01 Å². The van der Waals surface area contributed by atoms with Crippen LogP contribution < -0.4 is 0 Å². The van der Waals surface area contributed by atoms with Gasteiger partial charge in [0.25, 0.3) is 0 Å². The molecule has 0 fully saturated rings. The molecule has 0 amide bonds. The van der Waals surface area contributed by atoms with Crippen LogP contribution in [0, 0.1) is 5.21 Å². The summed E-state index contributed by atoms with van der Waals surface area (Å²) in [6.45, 7) is 0.0516. The lowest BCUT2D eigenvalue weighted by molar-refractivity contribution is -0.705. The topological polar surface area (TPSA) is 194 Å². The number of aliphatic carboxylic acids is 4. The minimum atomic E-state index is -1.60. The summed E-state index contributed by atoms with van der Waals surface area (Å²) in [6, 6.07) is -3.12. The SMILES string of the molecule is CC(C(=O)O)N(CC(=O)O)N=[N+]([O-])N(CC(=O)O)C(C)C(=O)O. The van der Waals surface area contributed by atoms with Gasteiger partial charge < -0.3 is 25.6 Å². The number of hydrazine groups is 1. The van der Waals surface area contributed by atoms with Crippen molar-refractivity contribution in [2.75, 3.05) is 13.1 Å². The zero-order valence-electron chi connectivity index (χ0n) is 12.2. The van der Waals surface area contributed by atoms with Crippen LogP contribution in [0.3, 0.4) is 0 Å². The quantitative estimate of drug-likeness (QED) is 0.206. The van der Waals surface area contributed by atoms with Crippen molar-refractivity contribution in [1.29, 1.82) is 0 Å². The molecule has 0 aromatic rings. The average Bonchev–Trinajstić information content (AvgIpc) is 2.41. The Hall–Kier alpha value is -3.12. The highest BCUT2D eigenvalue weighted by Gasteiger charge is 2.31. The fourth-order valence-electron chi connectivity index (χ4n) is 1.27. The molecule has 0 saturated heterocycles. The van der Waals surface area contributed by atoms with Crippen LogP contribution in [0.25, 0.3) is 0 Å². The van der Waals surface area contributed by atoms with E-state index in [0.717, 1.165) is 13.8 Å². The maximum atomic E-state index is 11.9. The molecule has 23 heavy (non-hydrogen) atoms. The first-order valence-corrected chi connectivity index (χ1v) is 6.08. The number of rotatable bonds is 10. The van der Waals surface area contributed by atoms with Crippen molar-refractivity contribution in [3.63, 3.8) is 0 Å². The van der Waals surface area contributed by atoms with E-state index >= 15 is 0 Å². The second-order valence-electron chi connectivity index (χ2n) is 4.35. The average molecular weight is 336 g/mol. The fourth-order valence-corrected chi connectivity index (χ4v) is 1.27. The third kappa shape index (κ3) is 6.45. The highest BCUT2D eigenvalue weighted by Crippen LogP contribution is 2.06. The Bertz CT molecular complexity index is 520. The van der Waals surface area contributed by atoms with Crippen molar-refractivity contribution in [3.05, 3.63) is 5.21 Å². The molecule has 0 aliphatic rings. The van der Waals surface area contributed by atoms with Crippen LogP contribution in [0.2, 0.25) is 0 Å². The molecule has 0 saturated carbocycles. The fraction of sp³-hybridized carbons (Fsp3) is 0.600. The second-order valence-corrected chi connectivity index (χ2v) is 4.35. The lowest BCUT2D eigenvalue weighted by atomic mass is 10.3. The highest BCUT2D eigenvalue weighted by molar-refractivity contribution is 5.75. The van der Waals surface area contributed by atoms with Crippen LogP contribution in [0.15, 0.2) is 5.22 Å². The van der Waals surface area contributed by atoms with E-state index in [1.807, 2.05) is 0 Å².